The highest BCUT2D eigenvalue weighted by molar-refractivity contribution is 6.30. The fourth-order valence-corrected chi connectivity index (χ4v) is 1.65. The Morgan fingerprint density at radius 3 is 2.87 bits per heavy atom. The van der Waals surface area contributed by atoms with E-state index in [1.54, 1.807) is 6.20 Å². The van der Waals surface area contributed by atoms with Crippen LogP contribution < -0.4 is 5.32 Å². The molecule has 1 unspecified atom stereocenters. The van der Waals surface area contributed by atoms with Crippen molar-refractivity contribution in [2.24, 2.45) is 0 Å². The zero-order valence-electron chi connectivity index (χ0n) is 9.68. The molecule has 3 nitrogen and oxygen atoms in total. The van der Waals surface area contributed by atoms with Gasteiger partial charge in [-0.15, -0.1) is 0 Å². The van der Waals surface area contributed by atoms with Gasteiger partial charge in [-0.05, 0) is 26.6 Å². The lowest BCUT2D eigenvalue weighted by molar-refractivity contribution is 0.309. The zero-order chi connectivity index (χ0) is 11.3. The van der Waals surface area contributed by atoms with Crippen molar-refractivity contribution in [3.63, 3.8) is 0 Å². The Kier molecular flexibility index (Phi) is 5.15. The summed E-state index contributed by atoms with van der Waals surface area (Å²) in [6.07, 6.45) is 1.81. The Balaban J connectivity index is 2.25. The van der Waals surface area contributed by atoms with Crippen LogP contribution in [0.15, 0.2) is 12.3 Å². The molecule has 2 N–H and O–H groups in total. The second kappa shape index (κ2) is 6.16. The maximum atomic E-state index is 5.82. The molecule has 0 radical (unpaired) electrons. The van der Waals surface area contributed by atoms with Crippen LogP contribution in [0.1, 0.15) is 19.5 Å². The monoisotopic (exact) mass is 229 g/mol. The third-order valence-electron chi connectivity index (χ3n) is 2.47. The van der Waals surface area contributed by atoms with Crippen LogP contribution in [0, 0.1) is 0 Å². The number of aromatic amines is 1. The first-order valence-electron chi connectivity index (χ1n) is 5.36. The van der Waals surface area contributed by atoms with Crippen molar-refractivity contribution in [3.05, 3.63) is 23.0 Å². The molecule has 1 aromatic heterocycles. The van der Waals surface area contributed by atoms with Crippen molar-refractivity contribution in [1.29, 1.82) is 0 Å². The lowest BCUT2D eigenvalue weighted by Gasteiger charge is -2.20. The minimum absolute atomic E-state index is 0.483. The Hall–Kier alpha value is -0.510. The van der Waals surface area contributed by atoms with Crippen LogP contribution in [0.5, 0.6) is 0 Å². The SMILES string of the molecule is CCN(C)CC(C)NCc1cc(Cl)c[nH]1. The van der Waals surface area contributed by atoms with Gasteiger partial charge in [0.25, 0.3) is 0 Å². The van der Waals surface area contributed by atoms with E-state index in [4.69, 9.17) is 11.6 Å². The number of nitrogens with zero attached hydrogens (tertiary/aromatic N) is 1. The van der Waals surface area contributed by atoms with Gasteiger partial charge in [-0.1, -0.05) is 18.5 Å². The van der Waals surface area contributed by atoms with Gasteiger partial charge in [0.15, 0.2) is 0 Å². The van der Waals surface area contributed by atoms with Crippen LogP contribution in [0.2, 0.25) is 5.02 Å². The number of hydrogen-bond acceptors (Lipinski definition) is 2. The molecule has 0 amide bonds. The predicted octanol–water partition coefficient (Wildman–Crippen LogP) is 2.10. The largest absolute Gasteiger partial charge is 0.363 e. The van der Waals surface area contributed by atoms with Crippen molar-refractivity contribution in [2.75, 3.05) is 20.1 Å². The number of rotatable bonds is 6. The quantitative estimate of drug-likeness (QED) is 0.783. The summed E-state index contributed by atoms with van der Waals surface area (Å²) in [6.45, 7) is 7.34. The number of halogens is 1. The van der Waals surface area contributed by atoms with Gasteiger partial charge in [-0.25, -0.2) is 0 Å². The highest BCUT2D eigenvalue weighted by atomic mass is 35.5. The molecular formula is C11H20ClN3. The second-order valence-corrected chi connectivity index (χ2v) is 4.42. The second-order valence-electron chi connectivity index (χ2n) is 3.98. The van der Waals surface area contributed by atoms with Crippen LogP contribution in [0.3, 0.4) is 0 Å². The fraction of sp³-hybridized carbons (Fsp3) is 0.636. The van der Waals surface area contributed by atoms with Gasteiger partial charge in [0, 0.05) is 31.0 Å². The lowest BCUT2D eigenvalue weighted by atomic mass is 10.3. The molecule has 0 aromatic carbocycles. The van der Waals surface area contributed by atoms with E-state index in [1.165, 1.54) is 0 Å². The molecule has 0 fully saturated rings. The van der Waals surface area contributed by atoms with Gasteiger partial charge >= 0.3 is 0 Å². The van der Waals surface area contributed by atoms with Crippen molar-refractivity contribution >= 4 is 11.6 Å². The highest BCUT2D eigenvalue weighted by Crippen LogP contribution is 2.09. The smallest absolute Gasteiger partial charge is 0.0583 e. The average Bonchev–Trinajstić information content (AvgIpc) is 2.61. The van der Waals surface area contributed by atoms with E-state index < -0.39 is 0 Å². The molecule has 0 aliphatic heterocycles. The first-order valence-corrected chi connectivity index (χ1v) is 5.74. The summed E-state index contributed by atoms with van der Waals surface area (Å²) < 4.78 is 0. The number of hydrogen-bond donors (Lipinski definition) is 2. The third-order valence-corrected chi connectivity index (χ3v) is 2.69. The first-order chi connectivity index (χ1) is 7.11. The van der Waals surface area contributed by atoms with Gasteiger partial charge in [-0.3, -0.25) is 0 Å². The molecule has 1 heterocycles. The van der Waals surface area contributed by atoms with E-state index >= 15 is 0 Å². The summed E-state index contributed by atoms with van der Waals surface area (Å²) in [6, 6.07) is 2.43. The molecule has 1 rings (SSSR count). The van der Waals surface area contributed by atoms with Gasteiger partial charge in [0.05, 0.1) is 5.02 Å². The number of H-pyrrole nitrogens is 1. The van der Waals surface area contributed by atoms with Gasteiger partial charge in [0.2, 0.25) is 0 Å². The molecule has 1 atom stereocenters. The van der Waals surface area contributed by atoms with Gasteiger partial charge < -0.3 is 15.2 Å². The molecule has 0 aliphatic rings. The molecule has 86 valence electrons. The fourth-order valence-electron chi connectivity index (χ4n) is 1.46. The van der Waals surface area contributed by atoms with E-state index in [1.807, 2.05) is 6.07 Å². The summed E-state index contributed by atoms with van der Waals surface area (Å²) in [5, 5.41) is 4.21. The Morgan fingerprint density at radius 1 is 1.60 bits per heavy atom. The van der Waals surface area contributed by atoms with Crippen LogP contribution in [-0.4, -0.2) is 36.1 Å². The van der Waals surface area contributed by atoms with Crippen molar-refractivity contribution < 1.29 is 0 Å². The number of likely N-dealkylation sites (N-methyl/N-ethyl adjacent to an activating group) is 1. The lowest BCUT2D eigenvalue weighted by Crippen LogP contribution is -2.36. The van der Waals surface area contributed by atoms with Crippen molar-refractivity contribution in [1.82, 2.24) is 15.2 Å². The van der Waals surface area contributed by atoms with Gasteiger partial charge in [0.1, 0.15) is 0 Å². The standard InChI is InChI=1S/C11H20ClN3/c1-4-15(3)8-9(2)13-7-11-5-10(12)6-14-11/h5-6,9,13-14H,4,7-8H2,1-3H3. The summed E-state index contributed by atoms with van der Waals surface area (Å²) >= 11 is 5.82. The summed E-state index contributed by atoms with van der Waals surface area (Å²) in [5.74, 6) is 0. The maximum absolute atomic E-state index is 5.82. The van der Waals surface area contributed by atoms with E-state index in [9.17, 15) is 0 Å². The van der Waals surface area contributed by atoms with E-state index in [0.717, 1.165) is 30.4 Å². The predicted molar refractivity (Wildman–Crippen MR) is 65.3 cm³/mol. The number of nitrogens with one attached hydrogen (secondary N) is 2. The molecule has 0 spiro atoms. The summed E-state index contributed by atoms with van der Waals surface area (Å²) in [7, 11) is 2.13. The van der Waals surface area contributed by atoms with E-state index in [-0.39, 0.29) is 0 Å². The topological polar surface area (TPSA) is 31.1 Å². The first kappa shape index (κ1) is 12.6. The minimum Gasteiger partial charge on any atom is -0.363 e. The molecule has 1 aromatic rings. The molecule has 0 aliphatic carbocycles. The average molecular weight is 230 g/mol. The third kappa shape index (κ3) is 4.69. The number of aromatic nitrogens is 1. The minimum atomic E-state index is 0.483. The zero-order valence-corrected chi connectivity index (χ0v) is 10.4. The molecule has 15 heavy (non-hydrogen) atoms. The van der Waals surface area contributed by atoms with E-state index in [2.05, 4.69) is 36.1 Å². The highest BCUT2D eigenvalue weighted by Gasteiger charge is 2.04. The Labute approximate surface area is 96.8 Å². The molecule has 0 saturated heterocycles. The maximum Gasteiger partial charge on any atom is 0.0583 e. The van der Waals surface area contributed by atoms with Crippen molar-refractivity contribution in [2.45, 2.75) is 26.4 Å². The molecule has 0 bridgehead atoms. The van der Waals surface area contributed by atoms with Crippen LogP contribution in [0.4, 0.5) is 0 Å². The summed E-state index contributed by atoms with van der Waals surface area (Å²) in [4.78, 5) is 5.41. The van der Waals surface area contributed by atoms with Gasteiger partial charge in [-0.2, -0.15) is 0 Å². The van der Waals surface area contributed by atoms with Crippen LogP contribution >= 0.6 is 11.6 Å². The molecule has 0 saturated carbocycles. The Morgan fingerprint density at radius 2 is 2.33 bits per heavy atom. The van der Waals surface area contributed by atoms with Crippen LogP contribution in [-0.2, 0) is 6.54 Å². The van der Waals surface area contributed by atoms with Crippen molar-refractivity contribution in [3.8, 4) is 0 Å². The molecule has 4 heteroatoms. The Bertz CT molecular complexity index is 285. The van der Waals surface area contributed by atoms with E-state index in [0.29, 0.717) is 6.04 Å². The molecular weight excluding hydrogens is 210 g/mol. The normalized spacial score (nSPS) is 13.4. The van der Waals surface area contributed by atoms with Crippen LogP contribution in [0.25, 0.3) is 0 Å². The summed E-state index contributed by atoms with van der Waals surface area (Å²) in [5.41, 5.74) is 1.13.